The number of nitrogens with one attached hydrogen (secondary N) is 1. The minimum atomic E-state index is -1.57. The molecule has 86 heavy (non-hydrogen) atoms. The number of amides is 1. The zero-order chi connectivity index (χ0) is 62.3. The van der Waals surface area contributed by atoms with Gasteiger partial charge in [0.25, 0.3) is 0 Å². The molecule has 1 fully saturated rings. The highest BCUT2D eigenvalue weighted by Crippen LogP contribution is 2.24. The molecule has 1 heterocycles. The molecule has 0 saturated carbocycles. The number of hydrogen-bond donors (Lipinski definition) is 6. The third-order valence-corrected chi connectivity index (χ3v) is 18.4. The fraction of sp³-hybridized carbons (Fsp3) is 0.947. The Balaban J connectivity index is 1.90. The van der Waals surface area contributed by atoms with Crippen molar-refractivity contribution in [1.82, 2.24) is 5.32 Å². The maximum atomic E-state index is 13.1. The number of rotatable bonds is 68. The molecule has 1 amide bonds. The molecular weight excluding hydrogens is 1070 g/mol. The van der Waals surface area contributed by atoms with E-state index in [1.54, 1.807) is 6.08 Å². The van der Waals surface area contributed by atoms with Gasteiger partial charge in [0.05, 0.1) is 32.0 Å². The maximum absolute atomic E-state index is 13.1. The van der Waals surface area contributed by atoms with Crippen molar-refractivity contribution in [3.05, 3.63) is 12.2 Å². The van der Waals surface area contributed by atoms with Crippen LogP contribution in [0.25, 0.3) is 0 Å². The van der Waals surface area contributed by atoms with Crippen LogP contribution in [0.5, 0.6) is 0 Å². The van der Waals surface area contributed by atoms with Crippen LogP contribution in [0.3, 0.4) is 0 Å². The minimum absolute atomic E-state index is 0.0165. The smallest absolute Gasteiger partial charge is 0.305 e. The molecule has 0 aliphatic carbocycles. The molecule has 510 valence electrons. The van der Waals surface area contributed by atoms with Crippen LogP contribution < -0.4 is 5.32 Å². The number of hydrogen-bond acceptors (Lipinski definition) is 10. The first-order valence-corrected chi connectivity index (χ1v) is 38.0. The summed E-state index contributed by atoms with van der Waals surface area (Å²) >= 11 is 0. The van der Waals surface area contributed by atoms with Gasteiger partial charge in [-0.1, -0.05) is 360 Å². The molecule has 0 spiro atoms. The van der Waals surface area contributed by atoms with E-state index in [-0.39, 0.29) is 18.5 Å². The molecule has 7 atom stereocenters. The SMILES string of the molecule is CCCCCCCCCCCC/C=C/C(O)C(COC1OC(CO)C(O)C(O)C1O)NC(=O)CCCCCCCCCCCCCCCCCCCCCCCCCCCCCCCCCCCCCOC(=O)CCCCCCCCCCCCC. The van der Waals surface area contributed by atoms with Crippen LogP contribution in [0.15, 0.2) is 12.2 Å². The summed E-state index contributed by atoms with van der Waals surface area (Å²) < 4.78 is 16.7. The second kappa shape index (κ2) is 64.9. The lowest BCUT2D eigenvalue weighted by atomic mass is 9.99. The van der Waals surface area contributed by atoms with Crippen LogP contribution >= 0.6 is 0 Å². The first kappa shape index (κ1) is 82.4. The number of esters is 1. The molecule has 0 aromatic rings. The maximum Gasteiger partial charge on any atom is 0.305 e. The van der Waals surface area contributed by atoms with Gasteiger partial charge >= 0.3 is 5.97 Å². The fourth-order valence-electron chi connectivity index (χ4n) is 12.4. The van der Waals surface area contributed by atoms with Gasteiger partial charge in [0.15, 0.2) is 6.29 Å². The topological polar surface area (TPSA) is 175 Å². The van der Waals surface area contributed by atoms with Crippen LogP contribution in [0, 0.1) is 0 Å². The van der Waals surface area contributed by atoms with Gasteiger partial charge < -0.3 is 45.1 Å². The molecule has 0 radical (unpaired) electrons. The monoisotopic (exact) mass is 1220 g/mol. The van der Waals surface area contributed by atoms with E-state index in [1.807, 2.05) is 6.08 Å². The van der Waals surface area contributed by atoms with E-state index in [9.17, 15) is 35.1 Å². The van der Waals surface area contributed by atoms with E-state index in [1.165, 1.54) is 315 Å². The minimum Gasteiger partial charge on any atom is -0.466 e. The number of carbonyl (C=O) groups is 2. The Kier molecular flexibility index (Phi) is 62.2. The Morgan fingerprint density at radius 3 is 1.08 bits per heavy atom. The zero-order valence-electron chi connectivity index (χ0n) is 56.8. The van der Waals surface area contributed by atoms with Crippen molar-refractivity contribution >= 4 is 11.9 Å². The Morgan fingerprint density at radius 2 is 0.733 bits per heavy atom. The van der Waals surface area contributed by atoms with Crippen molar-refractivity contribution in [3.8, 4) is 0 Å². The highest BCUT2D eigenvalue weighted by atomic mass is 16.7. The second-order valence-electron chi connectivity index (χ2n) is 26.7. The Bertz CT molecular complexity index is 1430. The van der Waals surface area contributed by atoms with E-state index in [2.05, 4.69) is 19.2 Å². The van der Waals surface area contributed by atoms with Gasteiger partial charge in [-0.3, -0.25) is 9.59 Å². The quantitative estimate of drug-likeness (QED) is 0.0195. The van der Waals surface area contributed by atoms with Crippen molar-refractivity contribution in [2.24, 2.45) is 0 Å². The first-order chi connectivity index (χ1) is 42.2. The van der Waals surface area contributed by atoms with Gasteiger partial charge in [-0.25, -0.2) is 0 Å². The lowest BCUT2D eigenvalue weighted by Crippen LogP contribution is -2.60. The average Bonchev–Trinajstić information content (AvgIpc) is 3.61. The summed E-state index contributed by atoms with van der Waals surface area (Å²) in [6.07, 6.45) is 70.9. The van der Waals surface area contributed by atoms with E-state index in [0.717, 1.165) is 51.4 Å². The molecule has 11 nitrogen and oxygen atoms in total. The van der Waals surface area contributed by atoms with Gasteiger partial charge in [-0.05, 0) is 32.1 Å². The van der Waals surface area contributed by atoms with Crippen molar-refractivity contribution in [2.75, 3.05) is 19.8 Å². The number of aliphatic hydroxyl groups is 5. The van der Waals surface area contributed by atoms with Crippen LogP contribution in [0.4, 0.5) is 0 Å². The van der Waals surface area contributed by atoms with Gasteiger partial charge in [-0.2, -0.15) is 0 Å². The molecule has 0 bridgehead atoms. The van der Waals surface area contributed by atoms with E-state index >= 15 is 0 Å². The van der Waals surface area contributed by atoms with Crippen molar-refractivity contribution in [1.29, 1.82) is 0 Å². The largest absolute Gasteiger partial charge is 0.466 e. The highest BCUT2D eigenvalue weighted by molar-refractivity contribution is 5.76. The van der Waals surface area contributed by atoms with Crippen molar-refractivity contribution in [3.63, 3.8) is 0 Å². The molecular formula is C75H145NO10. The first-order valence-electron chi connectivity index (χ1n) is 38.0. The molecule has 0 aromatic carbocycles. The number of ether oxygens (including phenoxy) is 3. The Morgan fingerprint density at radius 1 is 0.419 bits per heavy atom. The normalized spacial score (nSPS) is 17.9. The summed E-state index contributed by atoms with van der Waals surface area (Å²) in [5, 5.41) is 54.5. The lowest BCUT2D eigenvalue weighted by Gasteiger charge is -2.40. The van der Waals surface area contributed by atoms with Crippen LogP contribution in [0.2, 0.25) is 0 Å². The molecule has 7 unspecified atom stereocenters. The predicted octanol–water partition coefficient (Wildman–Crippen LogP) is 19.8. The Hall–Kier alpha value is -1.60. The zero-order valence-corrected chi connectivity index (χ0v) is 56.8. The fourth-order valence-corrected chi connectivity index (χ4v) is 12.4. The molecule has 1 aliphatic heterocycles. The molecule has 1 saturated heterocycles. The molecule has 0 aromatic heterocycles. The third-order valence-electron chi connectivity index (χ3n) is 18.4. The van der Waals surface area contributed by atoms with Crippen LogP contribution in [-0.4, -0.2) is 100 Å². The highest BCUT2D eigenvalue weighted by Gasteiger charge is 2.44. The average molecular weight is 1220 g/mol. The lowest BCUT2D eigenvalue weighted by molar-refractivity contribution is -0.302. The van der Waals surface area contributed by atoms with Crippen LogP contribution in [-0.2, 0) is 23.8 Å². The van der Waals surface area contributed by atoms with Crippen molar-refractivity contribution in [2.45, 2.75) is 436 Å². The molecule has 1 rings (SSSR count). The van der Waals surface area contributed by atoms with E-state index in [4.69, 9.17) is 14.2 Å². The summed E-state index contributed by atoms with van der Waals surface area (Å²) in [4.78, 5) is 25.1. The van der Waals surface area contributed by atoms with Gasteiger partial charge in [0, 0.05) is 12.8 Å². The molecule has 1 aliphatic rings. The molecule has 11 heteroatoms. The summed E-state index contributed by atoms with van der Waals surface area (Å²) in [5.74, 6) is -0.158. The predicted molar refractivity (Wildman–Crippen MR) is 362 cm³/mol. The summed E-state index contributed by atoms with van der Waals surface area (Å²) in [6.45, 7) is 4.39. The number of allylic oxidation sites excluding steroid dienone is 1. The summed E-state index contributed by atoms with van der Waals surface area (Å²) in [6, 6.07) is -0.805. The number of carbonyl (C=O) groups excluding carboxylic acids is 2. The number of unbranched alkanes of at least 4 members (excludes halogenated alkanes) is 54. The third kappa shape index (κ3) is 53.1. The van der Waals surface area contributed by atoms with E-state index < -0.39 is 49.5 Å². The Labute approximate surface area is 531 Å². The van der Waals surface area contributed by atoms with Gasteiger partial charge in [0.1, 0.15) is 24.4 Å². The van der Waals surface area contributed by atoms with Gasteiger partial charge in [0.2, 0.25) is 5.91 Å². The standard InChI is InChI=1S/C75H145NO10/c1-3-5-7-9-11-13-15-42-45-49-53-57-61-68(78)67(66-85-75-74(83)73(82)72(81)69(65-77)86-75)76-70(79)62-58-54-50-46-43-39-37-35-33-31-29-27-25-23-21-19-17-16-18-20-22-24-26-28-30-32-34-36-38-40-44-48-52-56-60-64-84-71(80)63-59-55-51-47-41-14-12-10-8-6-4-2/h57,61,67-69,72-75,77-78,81-83H,3-56,58-60,62-66H2,1-2H3,(H,76,79)/b61-57+. The molecule has 6 N–H and O–H groups in total. The summed E-state index contributed by atoms with van der Waals surface area (Å²) in [5.41, 5.74) is 0. The van der Waals surface area contributed by atoms with Crippen LogP contribution in [0.1, 0.15) is 393 Å². The van der Waals surface area contributed by atoms with Crippen molar-refractivity contribution < 1.29 is 49.3 Å². The van der Waals surface area contributed by atoms with E-state index in [0.29, 0.717) is 19.4 Å². The summed E-state index contributed by atoms with van der Waals surface area (Å²) in [7, 11) is 0. The van der Waals surface area contributed by atoms with Gasteiger partial charge in [-0.15, -0.1) is 0 Å². The number of aliphatic hydroxyl groups excluding tert-OH is 5. The second-order valence-corrected chi connectivity index (χ2v) is 26.7.